The Hall–Kier alpha value is -2.45. The lowest BCUT2D eigenvalue weighted by Crippen LogP contribution is -2.58. The van der Waals surface area contributed by atoms with E-state index in [-0.39, 0.29) is 0 Å². The van der Waals surface area contributed by atoms with Crippen molar-refractivity contribution in [2.75, 3.05) is 25.0 Å². The number of likely N-dealkylation sites (N-methyl/N-ethyl adjacent to an activating group) is 1. The third-order valence-corrected chi connectivity index (χ3v) is 4.58. The fourth-order valence-electron chi connectivity index (χ4n) is 2.91. The Labute approximate surface area is 137 Å². The van der Waals surface area contributed by atoms with Gasteiger partial charge in [0.15, 0.2) is 0 Å². The molecule has 0 radical (unpaired) electrons. The van der Waals surface area contributed by atoms with E-state index in [1.807, 2.05) is 25.1 Å². The maximum absolute atomic E-state index is 8.99. The number of benzene rings is 1. The number of rotatable bonds is 4. The van der Waals surface area contributed by atoms with Gasteiger partial charge in [0, 0.05) is 36.9 Å². The standard InChI is InChI=1S/C18H21N5/c1-13-14(2)20-12-21-18(13)23-10-17(11-23)22(3)9-16-6-4-5-15(7-16)8-19/h4-7,12,17H,9-11H2,1-3H3. The maximum atomic E-state index is 8.99. The largest absolute Gasteiger partial charge is 0.353 e. The second-order valence-corrected chi connectivity index (χ2v) is 6.19. The zero-order valence-corrected chi connectivity index (χ0v) is 13.8. The van der Waals surface area contributed by atoms with Gasteiger partial charge in [0.1, 0.15) is 12.1 Å². The van der Waals surface area contributed by atoms with Gasteiger partial charge >= 0.3 is 0 Å². The summed E-state index contributed by atoms with van der Waals surface area (Å²) in [6, 6.07) is 10.5. The van der Waals surface area contributed by atoms with Gasteiger partial charge in [-0.2, -0.15) is 5.26 Å². The lowest BCUT2D eigenvalue weighted by atomic mass is 10.0. The van der Waals surface area contributed by atoms with E-state index >= 15 is 0 Å². The summed E-state index contributed by atoms with van der Waals surface area (Å²) < 4.78 is 0. The molecule has 0 saturated carbocycles. The van der Waals surface area contributed by atoms with Crippen molar-refractivity contribution in [3.8, 4) is 6.07 Å². The van der Waals surface area contributed by atoms with Crippen LogP contribution in [-0.4, -0.2) is 41.0 Å². The molecule has 1 aromatic heterocycles. The summed E-state index contributed by atoms with van der Waals surface area (Å²) in [5.74, 6) is 1.05. The van der Waals surface area contributed by atoms with Gasteiger partial charge < -0.3 is 4.90 Å². The van der Waals surface area contributed by atoms with Gasteiger partial charge in [0.2, 0.25) is 0 Å². The van der Waals surface area contributed by atoms with Crippen molar-refractivity contribution in [2.24, 2.45) is 0 Å². The molecule has 1 aliphatic heterocycles. The molecule has 1 saturated heterocycles. The zero-order chi connectivity index (χ0) is 16.4. The van der Waals surface area contributed by atoms with Gasteiger partial charge in [-0.25, -0.2) is 9.97 Å². The van der Waals surface area contributed by atoms with Gasteiger partial charge in [-0.3, -0.25) is 4.90 Å². The van der Waals surface area contributed by atoms with Crippen molar-refractivity contribution in [2.45, 2.75) is 26.4 Å². The summed E-state index contributed by atoms with van der Waals surface area (Å²) in [7, 11) is 2.14. The number of nitrogens with zero attached hydrogens (tertiary/aromatic N) is 5. The van der Waals surface area contributed by atoms with Crippen LogP contribution in [0.15, 0.2) is 30.6 Å². The van der Waals surface area contributed by atoms with Crippen LogP contribution in [-0.2, 0) is 6.54 Å². The minimum Gasteiger partial charge on any atom is -0.353 e. The fraction of sp³-hybridized carbons (Fsp3) is 0.389. The molecule has 1 aliphatic rings. The van der Waals surface area contributed by atoms with Crippen molar-refractivity contribution in [3.63, 3.8) is 0 Å². The molecule has 23 heavy (non-hydrogen) atoms. The normalized spacial score (nSPS) is 14.7. The predicted molar refractivity (Wildman–Crippen MR) is 90.1 cm³/mol. The number of hydrogen-bond donors (Lipinski definition) is 0. The SMILES string of the molecule is Cc1ncnc(N2CC(N(C)Cc3cccc(C#N)c3)C2)c1C. The summed E-state index contributed by atoms with van der Waals surface area (Å²) >= 11 is 0. The highest BCUT2D eigenvalue weighted by atomic mass is 15.3. The van der Waals surface area contributed by atoms with Crippen molar-refractivity contribution in [3.05, 3.63) is 53.0 Å². The molecule has 0 amide bonds. The van der Waals surface area contributed by atoms with Crippen LogP contribution in [0.5, 0.6) is 0 Å². The summed E-state index contributed by atoms with van der Waals surface area (Å²) in [5, 5.41) is 8.99. The molecule has 0 spiro atoms. The van der Waals surface area contributed by atoms with E-state index in [0.29, 0.717) is 6.04 Å². The molecule has 2 heterocycles. The molecule has 2 aromatic rings. The second kappa shape index (κ2) is 6.35. The molecular weight excluding hydrogens is 286 g/mol. The number of anilines is 1. The average molecular weight is 307 g/mol. The van der Waals surface area contributed by atoms with Gasteiger partial charge in [-0.05, 0) is 38.6 Å². The monoisotopic (exact) mass is 307 g/mol. The first-order chi connectivity index (χ1) is 11.1. The molecule has 1 aromatic carbocycles. The molecule has 0 N–H and O–H groups in total. The summed E-state index contributed by atoms with van der Waals surface area (Å²) in [4.78, 5) is 13.3. The van der Waals surface area contributed by atoms with E-state index in [9.17, 15) is 0 Å². The minimum atomic E-state index is 0.510. The van der Waals surface area contributed by atoms with Crippen LogP contribution in [0.4, 0.5) is 5.82 Å². The summed E-state index contributed by atoms with van der Waals surface area (Å²) in [5.41, 5.74) is 4.10. The molecule has 3 rings (SSSR count). The highest BCUT2D eigenvalue weighted by Gasteiger charge is 2.31. The molecular formula is C18H21N5. The molecule has 5 heteroatoms. The third-order valence-electron chi connectivity index (χ3n) is 4.58. The van der Waals surface area contributed by atoms with E-state index in [4.69, 9.17) is 5.26 Å². The minimum absolute atomic E-state index is 0.510. The first kappa shape index (κ1) is 15.4. The van der Waals surface area contributed by atoms with E-state index in [0.717, 1.165) is 42.3 Å². The maximum Gasteiger partial charge on any atom is 0.135 e. The number of nitriles is 1. The highest BCUT2D eigenvalue weighted by molar-refractivity contribution is 5.50. The van der Waals surface area contributed by atoms with E-state index < -0.39 is 0 Å². The molecule has 1 fully saturated rings. The smallest absolute Gasteiger partial charge is 0.135 e. The van der Waals surface area contributed by atoms with Crippen molar-refractivity contribution in [1.82, 2.24) is 14.9 Å². The van der Waals surface area contributed by atoms with Crippen molar-refractivity contribution in [1.29, 1.82) is 5.26 Å². The quantitative estimate of drug-likeness (QED) is 0.867. The Balaban J connectivity index is 1.60. The lowest BCUT2D eigenvalue weighted by Gasteiger charge is -2.45. The Bertz CT molecular complexity index is 743. The van der Waals surface area contributed by atoms with Crippen LogP contribution in [0.3, 0.4) is 0 Å². The summed E-state index contributed by atoms with van der Waals surface area (Å²) in [6.45, 7) is 6.91. The lowest BCUT2D eigenvalue weighted by molar-refractivity contribution is 0.196. The van der Waals surface area contributed by atoms with Gasteiger partial charge in [-0.15, -0.1) is 0 Å². The molecule has 0 atom stereocenters. The Kier molecular flexibility index (Phi) is 4.26. The van der Waals surface area contributed by atoms with Crippen molar-refractivity contribution < 1.29 is 0 Å². The van der Waals surface area contributed by atoms with Gasteiger partial charge in [0.05, 0.1) is 11.6 Å². The molecule has 118 valence electrons. The van der Waals surface area contributed by atoms with Crippen LogP contribution in [0.2, 0.25) is 0 Å². The third kappa shape index (κ3) is 3.17. The first-order valence-electron chi connectivity index (χ1n) is 7.81. The van der Waals surface area contributed by atoms with E-state index in [1.165, 1.54) is 5.56 Å². The average Bonchev–Trinajstić information content (AvgIpc) is 2.50. The van der Waals surface area contributed by atoms with Crippen LogP contribution >= 0.6 is 0 Å². The molecule has 0 aliphatic carbocycles. The summed E-state index contributed by atoms with van der Waals surface area (Å²) in [6.07, 6.45) is 1.64. The number of aromatic nitrogens is 2. The molecule has 0 unspecified atom stereocenters. The Morgan fingerprint density at radius 1 is 1.30 bits per heavy atom. The zero-order valence-electron chi connectivity index (χ0n) is 13.8. The highest BCUT2D eigenvalue weighted by Crippen LogP contribution is 2.25. The number of aryl methyl sites for hydroxylation is 1. The fourth-order valence-corrected chi connectivity index (χ4v) is 2.91. The number of hydrogen-bond acceptors (Lipinski definition) is 5. The Morgan fingerprint density at radius 3 is 2.83 bits per heavy atom. The van der Waals surface area contributed by atoms with Crippen molar-refractivity contribution >= 4 is 5.82 Å². The predicted octanol–water partition coefficient (Wildman–Crippen LogP) is 2.29. The molecule has 0 bridgehead atoms. The van der Waals surface area contributed by atoms with Crippen LogP contribution in [0.25, 0.3) is 0 Å². The van der Waals surface area contributed by atoms with Crippen LogP contribution < -0.4 is 4.90 Å². The van der Waals surface area contributed by atoms with E-state index in [1.54, 1.807) is 6.33 Å². The Morgan fingerprint density at radius 2 is 2.09 bits per heavy atom. The van der Waals surface area contributed by atoms with Crippen LogP contribution in [0.1, 0.15) is 22.4 Å². The van der Waals surface area contributed by atoms with E-state index in [2.05, 4.69) is 45.9 Å². The second-order valence-electron chi connectivity index (χ2n) is 6.19. The first-order valence-corrected chi connectivity index (χ1v) is 7.81. The topological polar surface area (TPSA) is 56.1 Å². The van der Waals surface area contributed by atoms with Crippen LogP contribution in [0, 0.1) is 25.2 Å². The molecule has 5 nitrogen and oxygen atoms in total. The van der Waals surface area contributed by atoms with Gasteiger partial charge in [0.25, 0.3) is 0 Å². The van der Waals surface area contributed by atoms with Gasteiger partial charge in [-0.1, -0.05) is 12.1 Å².